The van der Waals surface area contributed by atoms with Crippen molar-refractivity contribution in [3.8, 4) is 0 Å². The zero-order valence-corrected chi connectivity index (χ0v) is 16.0. The maximum absolute atomic E-state index is 10.9. The lowest BCUT2D eigenvalue weighted by molar-refractivity contribution is 0.573. The molecule has 0 unspecified atom stereocenters. The molecule has 0 heterocycles. The summed E-state index contributed by atoms with van der Waals surface area (Å²) in [4.78, 5) is 4.39. The van der Waals surface area contributed by atoms with Gasteiger partial charge in [-0.25, -0.2) is 13.1 Å². The molecule has 0 atom stereocenters. The summed E-state index contributed by atoms with van der Waals surface area (Å²) in [7, 11) is -3.09. The maximum Gasteiger partial charge on any atom is 0.208 e. The van der Waals surface area contributed by atoms with Gasteiger partial charge in [0.2, 0.25) is 10.0 Å². The fourth-order valence-electron chi connectivity index (χ4n) is 1.35. The Morgan fingerprint density at radius 3 is 2.35 bits per heavy atom. The van der Waals surface area contributed by atoms with E-state index >= 15 is 0 Å². The van der Waals surface area contributed by atoms with Gasteiger partial charge in [-0.05, 0) is 25.7 Å². The van der Waals surface area contributed by atoms with E-state index in [-0.39, 0.29) is 24.0 Å². The van der Waals surface area contributed by atoms with Gasteiger partial charge < -0.3 is 10.6 Å². The fourth-order valence-corrected chi connectivity index (χ4v) is 1.86. The predicted octanol–water partition coefficient (Wildman–Crippen LogP) is 1.14. The highest BCUT2D eigenvalue weighted by Crippen LogP contribution is 1.96. The number of aliphatic imine (C=N–C) groups is 1. The molecule has 6 nitrogen and oxygen atoms in total. The van der Waals surface area contributed by atoms with E-state index < -0.39 is 10.0 Å². The normalized spacial score (nSPS) is 12.2. The number of sulfonamides is 1. The van der Waals surface area contributed by atoms with Crippen LogP contribution in [-0.4, -0.2) is 46.8 Å². The van der Waals surface area contributed by atoms with Crippen molar-refractivity contribution in [2.75, 3.05) is 32.4 Å². The SMILES string of the molecule is CCNC(=NCCCNS(C)(=O)=O)NCCC(C)C.I. The molecule has 20 heavy (non-hydrogen) atoms. The van der Waals surface area contributed by atoms with Gasteiger partial charge in [0.05, 0.1) is 6.26 Å². The first-order valence-corrected chi connectivity index (χ1v) is 8.71. The zero-order valence-electron chi connectivity index (χ0n) is 12.9. The Bertz CT molecular complexity index is 358. The predicted molar refractivity (Wildman–Crippen MR) is 96.3 cm³/mol. The molecule has 3 N–H and O–H groups in total. The lowest BCUT2D eigenvalue weighted by Crippen LogP contribution is -2.38. The van der Waals surface area contributed by atoms with Crippen molar-refractivity contribution < 1.29 is 8.42 Å². The Kier molecular flexibility index (Phi) is 14.0. The Morgan fingerprint density at radius 1 is 1.20 bits per heavy atom. The molecule has 0 fully saturated rings. The van der Waals surface area contributed by atoms with Crippen molar-refractivity contribution in [1.29, 1.82) is 0 Å². The van der Waals surface area contributed by atoms with Gasteiger partial charge in [0.25, 0.3) is 0 Å². The summed E-state index contributed by atoms with van der Waals surface area (Å²) in [6.07, 6.45) is 2.95. The molecule has 0 bridgehead atoms. The van der Waals surface area contributed by atoms with Gasteiger partial charge in [-0.15, -0.1) is 24.0 Å². The number of nitrogens with zero attached hydrogens (tertiary/aromatic N) is 1. The molecular formula is C12H29IN4O2S. The van der Waals surface area contributed by atoms with E-state index in [1.165, 1.54) is 0 Å². The second-order valence-corrected chi connectivity index (χ2v) is 6.72. The van der Waals surface area contributed by atoms with Crippen LogP contribution in [0, 0.1) is 5.92 Å². The lowest BCUT2D eigenvalue weighted by Gasteiger charge is -2.12. The average Bonchev–Trinajstić information content (AvgIpc) is 2.26. The molecule has 0 rings (SSSR count). The first kappa shape index (κ1) is 22.2. The Balaban J connectivity index is 0. The topological polar surface area (TPSA) is 82.6 Å². The van der Waals surface area contributed by atoms with E-state index in [0.29, 0.717) is 25.4 Å². The summed E-state index contributed by atoms with van der Waals surface area (Å²) in [5.41, 5.74) is 0. The minimum Gasteiger partial charge on any atom is -0.357 e. The molecule has 0 aromatic heterocycles. The van der Waals surface area contributed by atoms with Crippen LogP contribution >= 0.6 is 24.0 Å². The average molecular weight is 420 g/mol. The number of guanidine groups is 1. The van der Waals surface area contributed by atoms with E-state index in [9.17, 15) is 8.42 Å². The largest absolute Gasteiger partial charge is 0.357 e. The van der Waals surface area contributed by atoms with Gasteiger partial charge >= 0.3 is 0 Å². The van der Waals surface area contributed by atoms with Crippen LogP contribution in [0.1, 0.15) is 33.6 Å². The minimum atomic E-state index is -3.09. The van der Waals surface area contributed by atoms with Gasteiger partial charge in [-0.1, -0.05) is 13.8 Å². The molecular weight excluding hydrogens is 391 g/mol. The maximum atomic E-state index is 10.9. The highest BCUT2D eigenvalue weighted by Gasteiger charge is 2.00. The quantitative estimate of drug-likeness (QED) is 0.226. The third kappa shape index (κ3) is 16.0. The molecule has 0 spiro atoms. The second-order valence-electron chi connectivity index (χ2n) is 4.89. The molecule has 0 aromatic carbocycles. The molecule has 0 aliphatic heterocycles. The van der Waals surface area contributed by atoms with Crippen LogP contribution in [-0.2, 0) is 10.0 Å². The third-order valence-electron chi connectivity index (χ3n) is 2.33. The van der Waals surface area contributed by atoms with Crippen LogP contribution in [0.5, 0.6) is 0 Å². The molecule has 0 aromatic rings. The number of hydrogen-bond acceptors (Lipinski definition) is 3. The van der Waals surface area contributed by atoms with Crippen molar-refractivity contribution >= 4 is 40.0 Å². The van der Waals surface area contributed by atoms with Gasteiger partial charge in [-0.2, -0.15) is 0 Å². The van der Waals surface area contributed by atoms with Crippen LogP contribution in [0.4, 0.5) is 0 Å². The van der Waals surface area contributed by atoms with Crippen LogP contribution in [0.2, 0.25) is 0 Å². The summed E-state index contributed by atoms with van der Waals surface area (Å²) in [6, 6.07) is 0. The Morgan fingerprint density at radius 2 is 1.85 bits per heavy atom. The molecule has 0 saturated carbocycles. The zero-order chi connectivity index (χ0) is 14.7. The summed E-state index contributed by atoms with van der Waals surface area (Å²) < 4.78 is 24.2. The smallest absolute Gasteiger partial charge is 0.208 e. The first-order chi connectivity index (χ1) is 8.85. The van der Waals surface area contributed by atoms with E-state index in [2.05, 4.69) is 34.2 Å². The summed E-state index contributed by atoms with van der Waals surface area (Å²) >= 11 is 0. The molecule has 0 radical (unpaired) electrons. The van der Waals surface area contributed by atoms with E-state index in [1.54, 1.807) is 0 Å². The minimum absolute atomic E-state index is 0. The van der Waals surface area contributed by atoms with E-state index in [1.807, 2.05) is 6.92 Å². The van der Waals surface area contributed by atoms with E-state index in [0.717, 1.165) is 31.7 Å². The first-order valence-electron chi connectivity index (χ1n) is 6.82. The Labute approximate surface area is 140 Å². The van der Waals surface area contributed by atoms with Crippen LogP contribution in [0.15, 0.2) is 4.99 Å². The molecule has 0 aliphatic carbocycles. The van der Waals surface area contributed by atoms with Crippen LogP contribution in [0.25, 0.3) is 0 Å². The van der Waals surface area contributed by atoms with Crippen molar-refractivity contribution in [1.82, 2.24) is 15.4 Å². The number of hydrogen-bond donors (Lipinski definition) is 3. The summed E-state index contributed by atoms with van der Waals surface area (Å²) in [5, 5.41) is 6.42. The third-order valence-corrected chi connectivity index (χ3v) is 3.06. The van der Waals surface area contributed by atoms with Crippen molar-refractivity contribution in [3.05, 3.63) is 0 Å². The monoisotopic (exact) mass is 420 g/mol. The van der Waals surface area contributed by atoms with Crippen LogP contribution in [0.3, 0.4) is 0 Å². The number of nitrogens with one attached hydrogen (secondary N) is 3. The molecule has 0 amide bonds. The molecule has 122 valence electrons. The van der Waals surface area contributed by atoms with Gasteiger partial charge in [0.15, 0.2) is 5.96 Å². The van der Waals surface area contributed by atoms with Gasteiger partial charge in [0.1, 0.15) is 0 Å². The second kappa shape index (κ2) is 12.6. The van der Waals surface area contributed by atoms with Gasteiger partial charge in [0, 0.05) is 26.2 Å². The number of rotatable bonds is 9. The Hall–Kier alpha value is -0.0900. The lowest BCUT2D eigenvalue weighted by atomic mass is 10.1. The van der Waals surface area contributed by atoms with Crippen molar-refractivity contribution in [2.45, 2.75) is 33.6 Å². The standard InChI is InChI=1S/C12H28N4O2S.HI/c1-5-13-12(15-10-7-11(2)3)14-8-6-9-16-19(4,17)18;/h11,16H,5-10H2,1-4H3,(H2,13,14,15);1H. The molecule has 0 aliphatic rings. The fraction of sp³-hybridized carbons (Fsp3) is 0.917. The highest BCUT2D eigenvalue weighted by atomic mass is 127. The summed E-state index contributed by atoms with van der Waals surface area (Å²) in [6.45, 7) is 9.11. The van der Waals surface area contributed by atoms with Gasteiger partial charge in [-0.3, -0.25) is 4.99 Å². The van der Waals surface area contributed by atoms with E-state index in [4.69, 9.17) is 0 Å². The van der Waals surface area contributed by atoms with Crippen molar-refractivity contribution in [3.63, 3.8) is 0 Å². The highest BCUT2D eigenvalue weighted by molar-refractivity contribution is 14.0. The van der Waals surface area contributed by atoms with Crippen molar-refractivity contribution in [2.24, 2.45) is 10.9 Å². The molecule has 8 heteroatoms. The van der Waals surface area contributed by atoms with Crippen LogP contribution < -0.4 is 15.4 Å². The molecule has 0 saturated heterocycles. The number of halogens is 1. The summed E-state index contributed by atoms with van der Waals surface area (Å²) in [5.74, 6) is 1.46.